The molecule has 2 aromatic rings. The molecule has 1 heterocycles. The van der Waals surface area contributed by atoms with Gasteiger partial charge in [-0.15, -0.1) is 11.3 Å². The summed E-state index contributed by atoms with van der Waals surface area (Å²) in [5.41, 5.74) is 9.13. The van der Waals surface area contributed by atoms with Crippen molar-refractivity contribution >= 4 is 22.7 Å². The van der Waals surface area contributed by atoms with Gasteiger partial charge in [0.1, 0.15) is 5.75 Å². The van der Waals surface area contributed by atoms with Gasteiger partial charge in [-0.3, -0.25) is 0 Å². The molecule has 114 valence electrons. The number of hydrogen-bond donors (Lipinski definition) is 2. The van der Waals surface area contributed by atoms with Crippen LogP contribution in [0.2, 0.25) is 0 Å². The minimum atomic E-state index is 0.113. The van der Waals surface area contributed by atoms with E-state index in [0.29, 0.717) is 5.69 Å². The molecule has 0 aliphatic carbocycles. The third kappa shape index (κ3) is 3.70. The Labute approximate surface area is 131 Å². The summed E-state index contributed by atoms with van der Waals surface area (Å²) in [6.45, 7) is 10.5. The fraction of sp³-hybridized carbons (Fsp3) is 0.412. The van der Waals surface area contributed by atoms with Gasteiger partial charge in [0.15, 0.2) is 0 Å². The lowest BCUT2D eigenvalue weighted by Gasteiger charge is -2.19. The summed E-state index contributed by atoms with van der Waals surface area (Å²) in [7, 11) is 0. The summed E-state index contributed by atoms with van der Waals surface area (Å²) in [6, 6.07) is 8.32. The lowest BCUT2D eigenvalue weighted by atomic mass is 10.1. The molecule has 3 N–H and O–H groups in total. The van der Waals surface area contributed by atoms with Crippen LogP contribution in [0.3, 0.4) is 0 Å². The Hall–Kier alpha value is -1.68. The predicted octanol–water partition coefficient (Wildman–Crippen LogP) is 4.91. The molecule has 0 spiro atoms. The van der Waals surface area contributed by atoms with Crippen LogP contribution in [0.1, 0.15) is 42.1 Å². The van der Waals surface area contributed by atoms with Gasteiger partial charge in [0.2, 0.25) is 0 Å². The van der Waals surface area contributed by atoms with Crippen LogP contribution in [-0.2, 0) is 0 Å². The molecule has 0 aliphatic rings. The highest BCUT2D eigenvalue weighted by Crippen LogP contribution is 2.34. The Morgan fingerprint density at radius 1 is 1.19 bits per heavy atom. The number of ether oxygens (including phenoxy) is 1. The largest absolute Gasteiger partial charge is 0.489 e. The molecular weight excluding hydrogens is 280 g/mol. The third-order valence-electron chi connectivity index (χ3n) is 3.35. The fourth-order valence-corrected chi connectivity index (χ4v) is 3.44. The van der Waals surface area contributed by atoms with Gasteiger partial charge in [0.05, 0.1) is 17.5 Å². The highest BCUT2D eigenvalue weighted by atomic mass is 32.1. The summed E-state index contributed by atoms with van der Waals surface area (Å²) in [5, 5.41) is 3.50. The maximum atomic E-state index is 6.22. The average molecular weight is 304 g/mol. The number of anilines is 2. The molecule has 0 bridgehead atoms. The van der Waals surface area contributed by atoms with Crippen LogP contribution < -0.4 is 15.8 Å². The van der Waals surface area contributed by atoms with Crippen molar-refractivity contribution < 1.29 is 4.74 Å². The minimum absolute atomic E-state index is 0.113. The normalized spacial score (nSPS) is 12.5. The van der Waals surface area contributed by atoms with Gasteiger partial charge >= 0.3 is 0 Å². The van der Waals surface area contributed by atoms with E-state index < -0.39 is 0 Å². The Balaban J connectivity index is 2.21. The van der Waals surface area contributed by atoms with E-state index in [2.05, 4.69) is 32.2 Å². The zero-order chi connectivity index (χ0) is 15.6. The van der Waals surface area contributed by atoms with Gasteiger partial charge < -0.3 is 15.8 Å². The van der Waals surface area contributed by atoms with Crippen molar-refractivity contribution in [2.75, 3.05) is 11.1 Å². The Kier molecular flexibility index (Phi) is 4.78. The number of hydrogen-bond acceptors (Lipinski definition) is 4. The Morgan fingerprint density at radius 2 is 1.90 bits per heavy atom. The molecule has 0 saturated heterocycles. The first-order valence-electron chi connectivity index (χ1n) is 7.27. The fourth-order valence-electron chi connectivity index (χ4n) is 2.42. The van der Waals surface area contributed by atoms with Crippen molar-refractivity contribution in [1.82, 2.24) is 0 Å². The van der Waals surface area contributed by atoms with Crippen molar-refractivity contribution in [2.24, 2.45) is 0 Å². The van der Waals surface area contributed by atoms with E-state index in [-0.39, 0.29) is 12.1 Å². The number of thiophene rings is 1. The number of nitrogens with two attached hydrogens (primary N) is 1. The molecule has 0 saturated carbocycles. The monoisotopic (exact) mass is 304 g/mol. The summed E-state index contributed by atoms with van der Waals surface area (Å²) in [5.74, 6) is 0.737. The number of aryl methyl sites for hydroxylation is 2. The van der Waals surface area contributed by atoms with E-state index >= 15 is 0 Å². The molecule has 4 heteroatoms. The molecule has 0 radical (unpaired) electrons. The lowest BCUT2D eigenvalue weighted by molar-refractivity contribution is 0.244. The topological polar surface area (TPSA) is 47.3 Å². The predicted molar refractivity (Wildman–Crippen MR) is 92.4 cm³/mol. The standard InChI is InChI=1S/C17H24N2OS/c1-10(2)20-16-8-6-7-15(17(16)18)19-12(4)14-9-11(3)21-13(14)5/h6-10,12,19H,18H2,1-5H3. The molecule has 21 heavy (non-hydrogen) atoms. The molecule has 2 rings (SSSR count). The van der Waals surface area contributed by atoms with Crippen molar-refractivity contribution in [3.05, 3.63) is 39.6 Å². The van der Waals surface area contributed by atoms with Gasteiger partial charge in [-0.05, 0) is 58.4 Å². The van der Waals surface area contributed by atoms with E-state index in [4.69, 9.17) is 10.5 Å². The molecule has 0 amide bonds. The first-order valence-corrected chi connectivity index (χ1v) is 8.08. The SMILES string of the molecule is Cc1cc(C(C)Nc2cccc(OC(C)C)c2N)c(C)s1. The zero-order valence-electron chi connectivity index (χ0n) is 13.4. The number of nitrogens with one attached hydrogen (secondary N) is 1. The smallest absolute Gasteiger partial charge is 0.144 e. The summed E-state index contributed by atoms with van der Waals surface area (Å²) >= 11 is 1.83. The van der Waals surface area contributed by atoms with Crippen molar-refractivity contribution in [3.8, 4) is 5.75 Å². The van der Waals surface area contributed by atoms with E-state index in [1.807, 2.05) is 43.4 Å². The molecule has 0 aliphatic heterocycles. The molecule has 1 aromatic carbocycles. The summed E-state index contributed by atoms with van der Waals surface area (Å²) in [6.07, 6.45) is 0.113. The molecule has 3 nitrogen and oxygen atoms in total. The highest BCUT2D eigenvalue weighted by Gasteiger charge is 2.14. The van der Waals surface area contributed by atoms with Crippen LogP contribution in [0.15, 0.2) is 24.3 Å². The summed E-state index contributed by atoms with van der Waals surface area (Å²) in [4.78, 5) is 2.68. The van der Waals surface area contributed by atoms with Crippen LogP contribution in [0.5, 0.6) is 5.75 Å². The molecule has 1 atom stereocenters. The van der Waals surface area contributed by atoms with Crippen molar-refractivity contribution in [2.45, 2.75) is 46.8 Å². The van der Waals surface area contributed by atoms with E-state index in [1.54, 1.807) is 0 Å². The van der Waals surface area contributed by atoms with Crippen LogP contribution >= 0.6 is 11.3 Å². The van der Waals surface area contributed by atoms with Crippen LogP contribution in [0, 0.1) is 13.8 Å². The van der Waals surface area contributed by atoms with Gasteiger partial charge in [0, 0.05) is 15.8 Å². The Bertz CT molecular complexity index is 619. The van der Waals surface area contributed by atoms with Gasteiger partial charge in [-0.2, -0.15) is 0 Å². The second-order valence-electron chi connectivity index (χ2n) is 5.62. The number of benzene rings is 1. The first-order chi connectivity index (χ1) is 9.88. The van der Waals surface area contributed by atoms with Crippen LogP contribution in [0.4, 0.5) is 11.4 Å². The molecule has 1 unspecified atom stereocenters. The van der Waals surface area contributed by atoms with Crippen molar-refractivity contribution in [3.63, 3.8) is 0 Å². The third-order valence-corrected chi connectivity index (χ3v) is 4.33. The number of nitrogen functional groups attached to an aromatic ring is 1. The van der Waals surface area contributed by atoms with E-state index in [9.17, 15) is 0 Å². The molecule has 0 fully saturated rings. The number of rotatable bonds is 5. The lowest BCUT2D eigenvalue weighted by Crippen LogP contribution is -2.11. The van der Waals surface area contributed by atoms with Gasteiger partial charge in [-0.1, -0.05) is 6.07 Å². The van der Waals surface area contributed by atoms with Gasteiger partial charge in [-0.25, -0.2) is 0 Å². The minimum Gasteiger partial charge on any atom is -0.489 e. The van der Waals surface area contributed by atoms with Gasteiger partial charge in [0.25, 0.3) is 0 Å². The zero-order valence-corrected chi connectivity index (χ0v) is 14.2. The summed E-state index contributed by atoms with van der Waals surface area (Å²) < 4.78 is 5.74. The van der Waals surface area contributed by atoms with Crippen LogP contribution in [0.25, 0.3) is 0 Å². The second-order valence-corrected chi connectivity index (χ2v) is 7.08. The molecular formula is C17H24N2OS. The molecule has 1 aromatic heterocycles. The maximum Gasteiger partial charge on any atom is 0.144 e. The maximum absolute atomic E-state index is 6.22. The quantitative estimate of drug-likeness (QED) is 0.772. The first kappa shape index (κ1) is 15.7. The van der Waals surface area contributed by atoms with Crippen molar-refractivity contribution in [1.29, 1.82) is 0 Å². The Morgan fingerprint density at radius 3 is 2.48 bits per heavy atom. The van der Waals surface area contributed by atoms with E-state index in [0.717, 1.165) is 11.4 Å². The highest BCUT2D eigenvalue weighted by molar-refractivity contribution is 7.12. The van der Waals surface area contributed by atoms with Crippen LogP contribution in [-0.4, -0.2) is 6.10 Å². The van der Waals surface area contributed by atoms with E-state index in [1.165, 1.54) is 15.3 Å². The average Bonchev–Trinajstić information content (AvgIpc) is 2.73. The second kappa shape index (κ2) is 6.39. The number of para-hydroxylation sites is 1.